The van der Waals surface area contributed by atoms with Crippen molar-refractivity contribution in [2.45, 2.75) is 39.1 Å². The van der Waals surface area contributed by atoms with Gasteiger partial charge in [-0.15, -0.1) is 0 Å². The van der Waals surface area contributed by atoms with Gasteiger partial charge in [0.1, 0.15) is 0 Å². The SMILES string of the molecule is CCOC(=O)C1=C(C(F)(F)F)N=c2s/c(=C\c3cc(Br)c(OC(C)C)c([N+](=O)[O-])c3)c(=O)n2[C@@H]1c1ccc(Cl)cc1. The van der Waals surface area contributed by atoms with Crippen LogP contribution in [0.2, 0.25) is 5.02 Å². The highest BCUT2D eigenvalue weighted by atomic mass is 79.9. The summed E-state index contributed by atoms with van der Waals surface area (Å²) in [6, 6.07) is 6.76. The Bertz CT molecular complexity index is 1750. The number of alkyl halides is 3. The number of fused-ring (bicyclic) bond motifs is 1. The standard InChI is InChI=1S/C26H20BrClF3N3O6S/c1-4-39-24(36)19-20(14-5-7-15(28)8-6-14)33-23(35)18(41-25(33)32-22(19)26(29,30)31)11-13-9-16(27)21(40-12(2)3)17(10-13)34(37)38/h5-12,20H,4H2,1-3H3/b18-11-/t20-/m1/s1. The molecular weight excluding hydrogens is 655 g/mol. The summed E-state index contributed by atoms with van der Waals surface area (Å²) in [5.74, 6) is -1.29. The maximum absolute atomic E-state index is 14.2. The normalized spacial score (nSPS) is 15.5. The van der Waals surface area contributed by atoms with Crippen LogP contribution in [-0.2, 0) is 9.53 Å². The molecule has 3 aromatic rings. The Morgan fingerprint density at radius 2 is 1.95 bits per heavy atom. The van der Waals surface area contributed by atoms with Crippen molar-refractivity contribution in [3.05, 3.63) is 98.1 Å². The van der Waals surface area contributed by atoms with E-state index in [-0.39, 0.29) is 54.1 Å². The zero-order chi connectivity index (χ0) is 30.2. The van der Waals surface area contributed by atoms with Crippen LogP contribution in [0.1, 0.15) is 37.9 Å². The number of halogens is 5. The number of carbonyl (C=O) groups is 1. The van der Waals surface area contributed by atoms with E-state index in [0.717, 1.165) is 4.57 Å². The van der Waals surface area contributed by atoms with E-state index in [2.05, 4.69) is 20.9 Å². The van der Waals surface area contributed by atoms with Crippen LogP contribution in [0.15, 0.2) is 61.9 Å². The molecule has 0 saturated carbocycles. The van der Waals surface area contributed by atoms with E-state index < -0.39 is 39.9 Å². The van der Waals surface area contributed by atoms with Crippen LogP contribution in [0.3, 0.4) is 0 Å². The summed E-state index contributed by atoms with van der Waals surface area (Å²) in [4.78, 5) is 41.0. The van der Waals surface area contributed by atoms with Gasteiger partial charge in [-0.3, -0.25) is 19.5 Å². The first kappa shape index (κ1) is 30.5. The molecule has 0 bridgehead atoms. The number of benzene rings is 2. The Hall–Kier alpha value is -3.49. The first-order valence-electron chi connectivity index (χ1n) is 11.9. The van der Waals surface area contributed by atoms with Gasteiger partial charge in [-0.05, 0) is 72.1 Å². The first-order valence-corrected chi connectivity index (χ1v) is 13.9. The molecule has 9 nitrogen and oxygen atoms in total. The zero-order valence-corrected chi connectivity index (χ0v) is 24.7. The number of aromatic nitrogens is 1. The quantitative estimate of drug-likeness (QED) is 0.187. The number of thiazole rings is 1. The molecule has 4 rings (SSSR count). The van der Waals surface area contributed by atoms with E-state index in [9.17, 15) is 32.9 Å². The molecule has 0 amide bonds. The van der Waals surface area contributed by atoms with Gasteiger partial charge in [0.25, 0.3) is 5.56 Å². The Kier molecular flexibility index (Phi) is 8.76. The highest BCUT2D eigenvalue weighted by Gasteiger charge is 2.45. The third-order valence-corrected chi connectivity index (χ3v) is 7.50. The largest absolute Gasteiger partial charge is 0.483 e. The zero-order valence-electron chi connectivity index (χ0n) is 21.5. The molecule has 1 atom stereocenters. The van der Waals surface area contributed by atoms with Crippen LogP contribution in [0.25, 0.3) is 6.08 Å². The molecule has 1 aliphatic rings. The van der Waals surface area contributed by atoms with Gasteiger partial charge < -0.3 is 9.47 Å². The van der Waals surface area contributed by atoms with Gasteiger partial charge in [-0.25, -0.2) is 9.79 Å². The summed E-state index contributed by atoms with van der Waals surface area (Å²) in [6.07, 6.45) is -4.13. The van der Waals surface area contributed by atoms with Crippen LogP contribution < -0.4 is 19.6 Å². The molecule has 0 aliphatic carbocycles. The van der Waals surface area contributed by atoms with Gasteiger partial charge >= 0.3 is 17.8 Å². The van der Waals surface area contributed by atoms with Crippen LogP contribution >= 0.6 is 38.9 Å². The predicted molar refractivity (Wildman–Crippen MR) is 149 cm³/mol. The average molecular weight is 675 g/mol. The number of nitrogens with zero attached hydrogens (tertiary/aromatic N) is 3. The molecule has 2 heterocycles. The highest BCUT2D eigenvalue weighted by Crippen LogP contribution is 2.39. The Labute approximate surface area is 247 Å². The molecule has 1 aromatic heterocycles. The van der Waals surface area contributed by atoms with Crippen molar-refractivity contribution in [2.24, 2.45) is 4.99 Å². The van der Waals surface area contributed by atoms with Gasteiger partial charge in [-0.2, -0.15) is 13.2 Å². The Balaban J connectivity index is 2.01. The van der Waals surface area contributed by atoms with Crippen molar-refractivity contribution in [3.8, 4) is 5.75 Å². The van der Waals surface area contributed by atoms with Crippen LogP contribution in [0.5, 0.6) is 5.75 Å². The number of nitro groups is 1. The minimum absolute atomic E-state index is 0.0137. The molecule has 15 heteroatoms. The molecule has 0 saturated heterocycles. The number of ether oxygens (including phenoxy) is 2. The highest BCUT2D eigenvalue weighted by molar-refractivity contribution is 9.10. The summed E-state index contributed by atoms with van der Waals surface area (Å²) in [5, 5.41) is 12.0. The van der Waals surface area contributed by atoms with Gasteiger partial charge in [0.05, 0.1) is 38.3 Å². The minimum atomic E-state index is -5.06. The Morgan fingerprint density at radius 3 is 2.51 bits per heavy atom. The lowest BCUT2D eigenvalue weighted by Gasteiger charge is -2.26. The number of nitro benzene ring substituents is 1. The lowest BCUT2D eigenvalue weighted by atomic mass is 9.95. The van der Waals surface area contributed by atoms with Crippen molar-refractivity contribution < 1.29 is 32.4 Å². The van der Waals surface area contributed by atoms with Crippen molar-refractivity contribution in [1.29, 1.82) is 0 Å². The second-order valence-electron chi connectivity index (χ2n) is 8.89. The number of esters is 1. The lowest BCUT2D eigenvalue weighted by Crippen LogP contribution is -2.41. The van der Waals surface area contributed by atoms with E-state index in [1.165, 1.54) is 49.4 Å². The number of hydrogen-bond donors (Lipinski definition) is 0. The third kappa shape index (κ3) is 6.23. The van der Waals surface area contributed by atoms with E-state index >= 15 is 0 Å². The molecule has 1 aliphatic heterocycles. The third-order valence-electron chi connectivity index (χ3n) is 5.68. The number of rotatable bonds is 7. The number of carbonyl (C=O) groups excluding carboxylic acids is 1. The van der Waals surface area contributed by atoms with Crippen molar-refractivity contribution in [2.75, 3.05) is 6.61 Å². The predicted octanol–water partition coefficient (Wildman–Crippen LogP) is 5.45. The molecule has 0 spiro atoms. The van der Waals surface area contributed by atoms with Crippen molar-refractivity contribution in [3.63, 3.8) is 0 Å². The minimum Gasteiger partial charge on any atom is -0.483 e. The fourth-order valence-electron chi connectivity index (χ4n) is 4.12. The van der Waals surface area contributed by atoms with Crippen LogP contribution in [0.4, 0.5) is 18.9 Å². The van der Waals surface area contributed by atoms with E-state index in [1.54, 1.807) is 13.8 Å². The summed E-state index contributed by atoms with van der Waals surface area (Å²) < 4.78 is 54.3. The second kappa shape index (κ2) is 11.8. The summed E-state index contributed by atoms with van der Waals surface area (Å²) in [5.41, 5.74) is -3.12. The summed E-state index contributed by atoms with van der Waals surface area (Å²) in [6.45, 7) is 4.62. The lowest BCUT2D eigenvalue weighted by molar-refractivity contribution is -0.386. The maximum Gasteiger partial charge on any atom is 0.434 e. The molecule has 0 fully saturated rings. The van der Waals surface area contributed by atoms with Crippen LogP contribution in [-0.4, -0.2) is 34.3 Å². The fraction of sp³-hybridized carbons (Fsp3) is 0.269. The molecule has 216 valence electrons. The van der Waals surface area contributed by atoms with E-state index in [0.29, 0.717) is 11.3 Å². The maximum atomic E-state index is 14.2. The molecule has 0 N–H and O–H groups in total. The topological polar surface area (TPSA) is 113 Å². The molecule has 41 heavy (non-hydrogen) atoms. The Morgan fingerprint density at radius 1 is 1.29 bits per heavy atom. The fourth-order valence-corrected chi connectivity index (χ4v) is 5.81. The molecule has 0 unspecified atom stereocenters. The van der Waals surface area contributed by atoms with Gasteiger partial charge in [0.2, 0.25) is 5.75 Å². The van der Waals surface area contributed by atoms with Crippen molar-refractivity contribution >= 4 is 56.6 Å². The summed E-state index contributed by atoms with van der Waals surface area (Å²) in [7, 11) is 0. The van der Waals surface area contributed by atoms with E-state index in [4.69, 9.17) is 21.1 Å². The summed E-state index contributed by atoms with van der Waals surface area (Å²) >= 11 is 9.87. The monoisotopic (exact) mass is 673 g/mol. The molecule has 2 aromatic carbocycles. The molecular formula is C26H20BrClF3N3O6S. The number of hydrogen-bond acceptors (Lipinski definition) is 8. The first-order chi connectivity index (χ1) is 19.2. The smallest absolute Gasteiger partial charge is 0.434 e. The van der Waals surface area contributed by atoms with Gasteiger partial charge in [-0.1, -0.05) is 35.1 Å². The average Bonchev–Trinajstić information content (AvgIpc) is 3.19. The number of allylic oxidation sites excluding steroid dienone is 1. The van der Waals surface area contributed by atoms with Gasteiger partial charge in [0.15, 0.2) is 10.5 Å². The van der Waals surface area contributed by atoms with Gasteiger partial charge in [0, 0.05) is 11.1 Å². The molecule has 0 radical (unpaired) electrons. The van der Waals surface area contributed by atoms with Crippen LogP contribution in [0, 0.1) is 10.1 Å². The van der Waals surface area contributed by atoms with E-state index in [1.807, 2.05) is 0 Å². The second-order valence-corrected chi connectivity index (χ2v) is 11.2. The van der Waals surface area contributed by atoms with Crippen molar-refractivity contribution in [1.82, 2.24) is 4.57 Å².